The van der Waals surface area contributed by atoms with Crippen molar-refractivity contribution in [2.45, 2.75) is 4.90 Å². The standard InChI is InChI=1S/C13H12N4O4S/c1-21-11-4-7(22(14,19)20)2-3-8(11)13-16-9-5-12(18)15-6-10(9)17-13/h2-6H,1H3,(H,15,18)(H,16,17)(H2,14,19,20). The highest BCUT2D eigenvalue weighted by molar-refractivity contribution is 7.89. The van der Waals surface area contributed by atoms with Gasteiger partial charge in [-0.3, -0.25) is 4.79 Å². The number of rotatable bonds is 3. The summed E-state index contributed by atoms with van der Waals surface area (Å²) in [5, 5.41) is 5.10. The van der Waals surface area contributed by atoms with E-state index in [2.05, 4.69) is 15.0 Å². The van der Waals surface area contributed by atoms with Gasteiger partial charge in [0.25, 0.3) is 0 Å². The van der Waals surface area contributed by atoms with E-state index < -0.39 is 10.0 Å². The predicted molar refractivity (Wildman–Crippen MR) is 80.1 cm³/mol. The number of benzene rings is 1. The molecule has 0 spiro atoms. The van der Waals surface area contributed by atoms with Crippen molar-refractivity contribution in [3.05, 3.63) is 40.8 Å². The van der Waals surface area contributed by atoms with Crippen LogP contribution < -0.4 is 15.4 Å². The molecule has 3 aromatic rings. The number of nitrogens with one attached hydrogen (secondary N) is 2. The number of primary sulfonamides is 1. The molecule has 2 aromatic heterocycles. The van der Waals surface area contributed by atoms with Crippen LogP contribution in [0.2, 0.25) is 0 Å². The van der Waals surface area contributed by atoms with Gasteiger partial charge in [-0.25, -0.2) is 18.5 Å². The molecule has 9 heteroatoms. The number of aromatic nitrogens is 3. The maximum Gasteiger partial charge on any atom is 0.250 e. The number of nitrogens with two attached hydrogens (primary N) is 1. The van der Waals surface area contributed by atoms with Gasteiger partial charge in [-0.15, -0.1) is 0 Å². The van der Waals surface area contributed by atoms with Crippen LogP contribution in [-0.2, 0) is 10.0 Å². The van der Waals surface area contributed by atoms with Crippen LogP contribution in [0, 0.1) is 0 Å². The number of methoxy groups -OCH3 is 1. The number of hydrogen-bond donors (Lipinski definition) is 3. The molecule has 0 aliphatic carbocycles. The van der Waals surface area contributed by atoms with Crippen molar-refractivity contribution in [3.63, 3.8) is 0 Å². The Hall–Kier alpha value is -2.65. The maximum atomic E-state index is 11.4. The number of imidazole rings is 1. The topological polar surface area (TPSA) is 131 Å². The summed E-state index contributed by atoms with van der Waals surface area (Å²) < 4.78 is 28.0. The molecule has 0 aliphatic rings. The van der Waals surface area contributed by atoms with E-state index in [0.717, 1.165) is 0 Å². The minimum absolute atomic E-state index is 0.0561. The highest BCUT2D eigenvalue weighted by atomic mass is 32.2. The first-order chi connectivity index (χ1) is 10.4. The molecule has 0 radical (unpaired) electrons. The summed E-state index contributed by atoms with van der Waals surface area (Å²) in [7, 11) is -2.41. The van der Waals surface area contributed by atoms with Crippen molar-refractivity contribution in [1.82, 2.24) is 15.0 Å². The van der Waals surface area contributed by atoms with Gasteiger partial charge in [-0.05, 0) is 12.1 Å². The van der Waals surface area contributed by atoms with Crippen molar-refractivity contribution in [1.29, 1.82) is 0 Å². The van der Waals surface area contributed by atoms with Gasteiger partial charge in [0, 0.05) is 18.3 Å². The number of H-pyrrole nitrogens is 2. The van der Waals surface area contributed by atoms with E-state index in [1.807, 2.05) is 0 Å². The summed E-state index contributed by atoms with van der Waals surface area (Å²) in [4.78, 5) is 21.1. The molecule has 4 N–H and O–H groups in total. The Balaban J connectivity index is 2.19. The summed E-state index contributed by atoms with van der Waals surface area (Å²) in [6, 6.07) is 5.61. The molecule has 0 fully saturated rings. The van der Waals surface area contributed by atoms with E-state index in [1.54, 1.807) is 0 Å². The lowest BCUT2D eigenvalue weighted by Gasteiger charge is -2.07. The van der Waals surface area contributed by atoms with E-state index in [-0.39, 0.29) is 10.5 Å². The van der Waals surface area contributed by atoms with Crippen LogP contribution >= 0.6 is 0 Å². The third-order valence-electron chi connectivity index (χ3n) is 3.14. The number of sulfonamides is 1. The fraction of sp³-hybridized carbons (Fsp3) is 0.0769. The first-order valence-corrected chi connectivity index (χ1v) is 7.73. The van der Waals surface area contributed by atoms with Crippen LogP contribution in [-0.4, -0.2) is 30.5 Å². The van der Waals surface area contributed by atoms with Gasteiger partial charge in [-0.1, -0.05) is 0 Å². The monoisotopic (exact) mass is 320 g/mol. The molecule has 0 aliphatic heterocycles. The number of aromatic amines is 2. The average molecular weight is 320 g/mol. The highest BCUT2D eigenvalue weighted by Gasteiger charge is 2.15. The SMILES string of the molecule is COc1cc(S(N)(=O)=O)ccc1-c1nc2c[nH]c(=O)cc2[nH]1. The fourth-order valence-electron chi connectivity index (χ4n) is 2.10. The Labute approximate surface area is 125 Å². The predicted octanol–water partition coefficient (Wildman–Crippen LogP) is 0.574. The third-order valence-corrected chi connectivity index (χ3v) is 4.06. The van der Waals surface area contributed by atoms with E-state index >= 15 is 0 Å². The van der Waals surface area contributed by atoms with Crippen molar-refractivity contribution in [3.8, 4) is 17.1 Å². The van der Waals surface area contributed by atoms with Crippen LogP contribution in [0.4, 0.5) is 0 Å². The molecule has 8 nitrogen and oxygen atoms in total. The van der Waals surface area contributed by atoms with Crippen molar-refractivity contribution >= 4 is 21.1 Å². The molecule has 0 saturated heterocycles. The van der Waals surface area contributed by atoms with Gasteiger partial charge >= 0.3 is 0 Å². The Kier molecular flexibility index (Phi) is 3.23. The first kappa shape index (κ1) is 14.3. The number of nitrogens with zero attached hydrogens (tertiary/aromatic N) is 1. The summed E-state index contributed by atoms with van der Waals surface area (Å²) in [5.74, 6) is 0.753. The van der Waals surface area contributed by atoms with E-state index in [0.29, 0.717) is 28.2 Å². The molecule has 22 heavy (non-hydrogen) atoms. The Morgan fingerprint density at radius 2 is 2.05 bits per heavy atom. The lowest BCUT2D eigenvalue weighted by atomic mass is 10.2. The number of pyridine rings is 1. The van der Waals surface area contributed by atoms with Crippen molar-refractivity contribution in [2.24, 2.45) is 5.14 Å². The molecular formula is C13H12N4O4S. The van der Waals surface area contributed by atoms with Gasteiger partial charge in [-0.2, -0.15) is 0 Å². The number of fused-ring (bicyclic) bond motifs is 1. The summed E-state index contributed by atoms with van der Waals surface area (Å²) in [6.07, 6.45) is 1.49. The molecule has 0 atom stereocenters. The largest absolute Gasteiger partial charge is 0.496 e. The Morgan fingerprint density at radius 3 is 2.73 bits per heavy atom. The molecule has 0 amide bonds. The zero-order chi connectivity index (χ0) is 15.9. The van der Waals surface area contributed by atoms with Gasteiger partial charge in [0.1, 0.15) is 17.1 Å². The smallest absolute Gasteiger partial charge is 0.250 e. The van der Waals surface area contributed by atoms with Gasteiger partial charge in [0.15, 0.2) is 0 Å². The molecular weight excluding hydrogens is 308 g/mol. The zero-order valence-corrected chi connectivity index (χ0v) is 12.3. The highest BCUT2D eigenvalue weighted by Crippen LogP contribution is 2.31. The minimum Gasteiger partial charge on any atom is -0.496 e. The third kappa shape index (κ3) is 2.47. The summed E-state index contributed by atoms with van der Waals surface area (Å²) >= 11 is 0. The Bertz CT molecular complexity index is 1020. The first-order valence-electron chi connectivity index (χ1n) is 6.18. The van der Waals surface area contributed by atoms with Crippen LogP contribution in [0.1, 0.15) is 0 Å². The second kappa shape index (κ2) is 4.97. The molecule has 0 unspecified atom stereocenters. The summed E-state index contributed by atoms with van der Waals surface area (Å²) in [5.41, 5.74) is 1.45. The fourth-order valence-corrected chi connectivity index (χ4v) is 2.63. The molecule has 0 bridgehead atoms. The molecule has 2 heterocycles. The quantitative estimate of drug-likeness (QED) is 0.649. The number of hydrogen-bond acceptors (Lipinski definition) is 5. The maximum absolute atomic E-state index is 11.4. The average Bonchev–Trinajstić information content (AvgIpc) is 2.88. The van der Waals surface area contributed by atoms with Crippen LogP contribution in [0.5, 0.6) is 5.75 Å². The normalized spacial score (nSPS) is 11.7. The van der Waals surface area contributed by atoms with Gasteiger partial charge in [0.2, 0.25) is 15.6 Å². The second-order valence-electron chi connectivity index (χ2n) is 4.59. The number of ether oxygens (including phenoxy) is 1. The van der Waals surface area contributed by atoms with Crippen LogP contribution in [0.15, 0.2) is 40.2 Å². The van der Waals surface area contributed by atoms with Crippen LogP contribution in [0.25, 0.3) is 22.4 Å². The van der Waals surface area contributed by atoms with E-state index in [4.69, 9.17) is 9.88 Å². The van der Waals surface area contributed by atoms with E-state index in [1.165, 1.54) is 37.6 Å². The summed E-state index contributed by atoms with van der Waals surface area (Å²) in [6.45, 7) is 0. The second-order valence-corrected chi connectivity index (χ2v) is 6.15. The molecule has 0 saturated carbocycles. The molecule has 114 valence electrons. The van der Waals surface area contributed by atoms with Gasteiger partial charge < -0.3 is 14.7 Å². The van der Waals surface area contributed by atoms with Crippen LogP contribution in [0.3, 0.4) is 0 Å². The zero-order valence-electron chi connectivity index (χ0n) is 11.5. The van der Waals surface area contributed by atoms with Crippen molar-refractivity contribution < 1.29 is 13.2 Å². The van der Waals surface area contributed by atoms with Crippen molar-refractivity contribution in [2.75, 3.05) is 7.11 Å². The molecule has 3 rings (SSSR count). The lowest BCUT2D eigenvalue weighted by molar-refractivity contribution is 0.415. The lowest BCUT2D eigenvalue weighted by Crippen LogP contribution is -2.12. The Morgan fingerprint density at radius 1 is 1.27 bits per heavy atom. The minimum atomic E-state index is -3.82. The molecule has 1 aromatic carbocycles. The van der Waals surface area contributed by atoms with E-state index in [9.17, 15) is 13.2 Å². The van der Waals surface area contributed by atoms with Gasteiger partial charge in [0.05, 0.1) is 23.1 Å².